The molecule has 0 N–H and O–H groups in total. The van der Waals surface area contributed by atoms with Crippen LogP contribution in [0.5, 0.6) is 0 Å². The first-order valence-corrected chi connectivity index (χ1v) is 6.50. The molecule has 0 bridgehead atoms. The largest absolute Gasteiger partial charge is 0.416 e. The Morgan fingerprint density at radius 2 is 2.05 bits per heavy atom. The van der Waals surface area contributed by atoms with Crippen LogP contribution in [0.3, 0.4) is 0 Å². The Kier molecular flexibility index (Phi) is 3.91. The van der Waals surface area contributed by atoms with Crippen LogP contribution in [0, 0.1) is 18.3 Å². The van der Waals surface area contributed by atoms with Crippen molar-refractivity contribution in [3.63, 3.8) is 0 Å². The van der Waals surface area contributed by atoms with E-state index in [-0.39, 0.29) is 11.1 Å². The van der Waals surface area contributed by atoms with Crippen molar-refractivity contribution >= 4 is 23.0 Å². The van der Waals surface area contributed by atoms with Crippen molar-refractivity contribution in [1.29, 1.82) is 5.26 Å². The van der Waals surface area contributed by atoms with Crippen LogP contribution in [-0.2, 0) is 6.18 Å². The van der Waals surface area contributed by atoms with E-state index < -0.39 is 11.7 Å². The lowest BCUT2D eigenvalue weighted by atomic mass is 10.0. The molecule has 0 saturated heterocycles. The number of halogens is 3. The highest BCUT2D eigenvalue weighted by atomic mass is 32.1. The fraction of sp³-hybridized carbons (Fsp3) is 0.143. The maximum atomic E-state index is 12.9. The third kappa shape index (κ3) is 3.06. The molecule has 0 aliphatic rings. The van der Waals surface area contributed by atoms with E-state index in [0.29, 0.717) is 5.01 Å². The van der Waals surface area contributed by atoms with E-state index in [4.69, 9.17) is 5.26 Å². The molecule has 0 aliphatic heterocycles. The molecule has 1 aromatic heterocycles. The molecule has 0 spiro atoms. The summed E-state index contributed by atoms with van der Waals surface area (Å²) in [5, 5.41) is 11.3. The van der Waals surface area contributed by atoms with Gasteiger partial charge in [-0.05, 0) is 24.6 Å². The first kappa shape index (κ1) is 14.3. The van der Waals surface area contributed by atoms with Gasteiger partial charge in [0.05, 0.1) is 11.1 Å². The normalized spacial score (nSPS) is 12.2. The molecule has 0 atom stereocenters. The topological polar surface area (TPSA) is 36.7 Å². The monoisotopic (exact) mass is 294 g/mol. The molecule has 6 heteroatoms. The molecule has 0 unspecified atom stereocenters. The van der Waals surface area contributed by atoms with E-state index in [2.05, 4.69) is 4.98 Å². The number of aryl methyl sites for hydroxylation is 1. The minimum absolute atomic E-state index is 0.0376. The second-order valence-electron chi connectivity index (χ2n) is 4.05. The number of rotatable bonds is 2. The van der Waals surface area contributed by atoms with Crippen LogP contribution in [0.1, 0.15) is 21.8 Å². The molecule has 0 amide bonds. The van der Waals surface area contributed by atoms with Gasteiger partial charge in [0, 0.05) is 11.1 Å². The summed E-state index contributed by atoms with van der Waals surface area (Å²) in [6, 6.07) is 7.05. The van der Waals surface area contributed by atoms with Gasteiger partial charge in [0.2, 0.25) is 0 Å². The van der Waals surface area contributed by atoms with Gasteiger partial charge in [-0.25, -0.2) is 4.98 Å². The van der Waals surface area contributed by atoms with Gasteiger partial charge < -0.3 is 0 Å². The molecule has 2 nitrogen and oxygen atoms in total. The molecule has 0 saturated carbocycles. The Bertz CT molecular complexity index is 693. The average Bonchev–Trinajstić information content (AvgIpc) is 2.82. The quantitative estimate of drug-likeness (QED) is 0.763. The SMILES string of the molecule is Cc1csc(C(C#N)=Cc2ccccc2C(F)(F)F)n1. The standard InChI is InChI=1S/C14H9F3N2S/c1-9-8-20-13(19-9)11(7-18)6-10-4-2-3-5-12(10)14(15,16)17/h2-6,8H,1H3. The molecule has 0 aliphatic carbocycles. The summed E-state index contributed by atoms with van der Waals surface area (Å²) in [5.74, 6) is 0. The van der Waals surface area contributed by atoms with Crippen molar-refractivity contribution in [2.45, 2.75) is 13.1 Å². The van der Waals surface area contributed by atoms with Crippen molar-refractivity contribution in [2.75, 3.05) is 0 Å². The van der Waals surface area contributed by atoms with Gasteiger partial charge in [0.25, 0.3) is 0 Å². The second kappa shape index (κ2) is 5.47. The molecule has 20 heavy (non-hydrogen) atoms. The van der Waals surface area contributed by atoms with Crippen molar-refractivity contribution in [3.05, 3.63) is 51.5 Å². The lowest BCUT2D eigenvalue weighted by Gasteiger charge is -2.09. The molecular weight excluding hydrogens is 285 g/mol. The number of aromatic nitrogens is 1. The summed E-state index contributed by atoms with van der Waals surface area (Å²) in [6.45, 7) is 1.76. The van der Waals surface area contributed by atoms with Gasteiger partial charge in [-0.15, -0.1) is 11.3 Å². The van der Waals surface area contributed by atoms with Gasteiger partial charge in [-0.1, -0.05) is 18.2 Å². The summed E-state index contributed by atoms with van der Waals surface area (Å²) in [5.41, 5.74) is 0.0560. The Morgan fingerprint density at radius 3 is 2.60 bits per heavy atom. The van der Waals surface area contributed by atoms with Gasteiger partial charge in [0.15, 0.2) is 0 Å². The van der Waals surface area contributed by atoms with Gasteiger partial charge in [-0.3, -0.25) is 0 Å². The molecule has 1 aromatic carbocycles. The highest BCUT2D eigenvalue weighted by Crippen LogP contribution is 2.33. The first-order chi connectivity index (χ1) is 9.41. The van der Waals surface area contributed by atoms with Crippen LogP contribution in [-0.4, -0.2) is 4.98 Å². The number of nitrogens with zero attached hydrogens (tertiary/aromatic N) is 2. The third-order valence-corrected chi connectivity index (χ3v) is 3.53. The van der Waals surface area contributed by atoms with Crippen LogP contribution in [0.15, 0.2) is 29.6 Å². The minimum atomic E-state index is -4.45. The zero-order chi connectivity index (χ0) is 14.8. The van der Waals surface area contributed by atoms with Crippen molar-refractivity contribution < 1.29 is 13.2 Å². The lowest BCUT2D eigenvalue weighted by Crippen LogP contribution is -2.07. The molecule has 0 radical (unpaired) electrons. The third-order valence-electron chi connectivity index (χ3n) is 2.54. The summed E-state index contributed by atoms with van der Waals surface area (Å²) in [7, 11) is 0. The minimum Gasteiger partial charge on any atom is -0.241 e. The fourth-order valence-electron chi connectivity index (χ4n) is 1.66. The lowest BCUT2D eigenvalue weighted by molar-refractivity contribution is -0.137. The highest BCUT2D eigenvalue weighted by Gasteiger charge is 2.32. The predicted molar refractivity (Wildman–Crippen MR) is 71.8 cm³/mol. The van der Waals surface area contributed by atoms with E-state index in [9.17, 15) is 13.2 Å². The summed E-state index contributed by atoms with van der Waals surface area (Å²) >= 11 is 1.23. The Morgan fingerprint density at radius 1 is 1.35 bits per heavy atom. The number of hydrogen-bond acceptors (Lipinski definition) is 3. The number of nitriles is 1. The predicted octanol–water partition coefficient (Wildman–Crippen LogP) is 4.53. The van der Waals surface area contributed by atoms with Gasteiger partial charge in [-0.2, -0.15) is 18.4 Å². The van der Waals surface area contributed by atoms with E-state index in [1.54, 1.807) is 12.3 Å². The molecule has 1 heterocycles. The van der Waals surface area contributed by atoms with Crippen LogP contribution in [0.25, 0.3) is 11.6 Å². The van der Waals surface area contributed by atoms with E-state index in [1.165, 1.54) is 35.6 Å². The van der Waals surface area contributed by atoms with Crippen LogP contribution < -0.4 is 0 Å². The summed E-state index contributed by atoms with van der Waals surface area (Å²) < 4.78 is 38.7. The Hall–Kier alpha value is -2.13. The highest BCUT2D eigenvalue weighted by molar-refractivity contribution is 7.11. The van der Waals surface area contributed by atoms with E-state index in [0.717, 1.165) is 11.8 Å². The van der Waals surface area contributed by atoms with Crippen molar-refractivity contribution in [1.82, 2.24) is 4.98 Å². The molecule has 0 fully saturated rings. The number of benzene rings is 1. The first-order valence-electron chi connectivity index (χ1n) is 5.62. The zero-order valence-corrected chi connectivity index (χ0v) is 11.2. The zero-order valence-electron chi connectivity index (χ0n) is 10.4. The van der Waals surface area contributed by atoms with E-state index in [1.807, 2.05) is 6.07 Å². The maximum Gasteiger partial charge on any atom is 0.416 e. The van der Waals surface area contributed by atoms with Gasteiger partial charge >= 0.3 is 6.18 Å². The number of allylic oxidation sites excluding steroid dienone is 1. The summed E-state index contributed by atoms with van der Waals surface area (Å²) in [6.07, 6.45) is -3.23. The fourth-order valence-corrected chi connectivity index (χ4v) is 2.42. The van der Waals surface area contributed by atoms with Gasteiger partial charge in [0.1, 0.15) is 11.1 Å². The molecule has 2 rings (SSSR count). The number of hydrogen-bond donors (Lipinski definition) is 0. The Balaban J connectivity index is 2.52. The number of thiazole rings is 1. The molecular formula is C14H9F3N2S. The second-order valence-corrected chi connectivity index (χ2v) is 4.91. The molecule has 2 aromatic rings. The van der Waals surface area contributed by atoms with Crippen LogP contribution >= 0.6 is 11.3 Å². The Labute approximate surface area is 117 Å². The average molecular weight is 294 g/mol. The number of alkyl halides is 3. The maximum absolute atomic E-state index is 12.9. The summed E-state index contributed by atoms with van der Waals surface area (Å²) in [4.78, 5) is 4.12. The van der Waals surface area contributed by atoms with E-state index >= 15 is 0 Å². The molecule has 102 valence electrons. The van der Waals surface area contributed by atoms with Crippen molar-refractivity contribution in [3.8, 4) is 6.07 Å². The van der Waals surface area contributed by atoms with Crippen LogP contribution in [0.2, 0.25) is 0 Å². The smallest absolute Gasteiger partial charge is 0.241 e. The van der Waals surface area contributed by atoms with Crippen LogP contribution in [0.4, 0.5) is 13.2 Å². The van der Waals surface area contributed by atoms with Crippen molar-refractivity contribution in [2.24, 2.45) is 0 Å².